The highest BCUT2D eigenvalue weighted by Gasteiger charge is 2.27. The predicted octanol–water partition coefficient (Wildman–Crippen LogP) is 3.01. The summed E-state index contributed by atoms with van der Waals surface area (Å²) in [4.78, 5) is 23.2. The summed E-state index contributed by atoms with van der Waals surface area (Å²) >= 11 is 0. The fourth-order valence-electron chi connectivity index (χ4n) is 3.74. The number of carbonyl (C=O) groups excluding carboxylic acids is 1. The molecule has 1 aliphatic rings. The minimum Gasteiger partial charge on any atom is -0.368 e. The van der Waals surface area contributed by atoms with Gasteiger partial charge in [-0.2, -0.15) is 5.10 Å². The average Bonchev–Trinajstić information content (AvgIpc) is 3.26. The first-order valence-electron chi connectivity index (χ1n) is 9.67. The molecule has 0 bridgehead atoms. The third-order valence-electron chi connectivity index (χ3n) is 5.28. The molecule has 2 aromatic heterocycles. The van der Waals surface area contributed by atoms with Gasteiger partial charge in [0.05, 0.1) is 0 Å². The molecule has 3 aromatic rings. The summed E-state index contributed by atoms with van der Waals surface area (Å²) in [5, 5.41) is 4.27. The molecule has 7 nitrogen and oxygen atoms in total. The molecule has 0 spiro atoms. The van der Waals surface area contributed by atoms with Gasteiger partial charge in [0.2, 0.25) is 5.95 Å². The van der Waals surface area contributed by atoms with Crippen molar-refractivity contribution in [2.24, 2.45) is 0 Å². The number of rotatable bonds is 5. The van der Waals surface area contributed by atoms with Crippen molar-refractivity contribution in [2.45, 2.75) is 38.3 Å². The van der Waals surface area contributed by atoms with Crippen LogP contribution in [0.4, 0.5) is 5.95 Å². The van der Waals surface area contributed by atoms with Crippen molar-refractivity contribution in [3.8, 4) is 11.1 Å². The highest BCUT2D eigenvalue weighted by molar-refractivity contribution is 5.95. The Balaban J connectivity index is 1.46. The molecule has 1 atom stereocenters. The lowest BCUT2D eigenvalue weighted by Crippen LogP contribution is -2.44. The summed E-state index contributed by atoms with van der Waals surface area (Å²) < 4.78 is 1.93. The average molecular weight is 376 g/mol. The SMILES string of the molecule is Nc1ncc(-c2ccc(C(=O)N3CCCC[C@@H]3CCn3cccn3)cc2)cn1. The van der Waals surface area contributed by atoms with E-state index in [9.17, 15) is 4.79 Å². The summed E-state index contributed by atoms with van der Waals surface area (Å²) in [6.45, 7) is 1.65. The van der Waals surface area contributed by atoms with E-state index < -0.39 is 0 Å². The van der Waals surface area contributed by atoms with E-state index in [1.807, 2.05) is 46.1 Å². The number of likely N-dealkylation sites (tertiary alicyclic amines) is 1. The number of aryl methyl sites for hydroxylation is 1. The van der Waals surface area contributed by atoms with Crippen LogP contribution in [-0.4, -0.2) is 43.1 Å². The quantitative estimate of drug-likeness (QED) is 0.739. The maximum absolute atomic E-state index is 13.1. The molecular weight excluding hydrogens is 352 g/mol. The monoisotopic (exact) mass is 376 g/mol. The van der Waals surface area contributed by atoms with Crippen LogP contribution in [0.5, 0.6) is 0 Å². The summed E-state index contributed by atoms with van der Waals surface area (Å²) in [5.74, 6) is 0.354. The zero-order chi connectivity index (χ0) is 19.3. The van der Waals surface area contributed by atoms with Crippen LogP contribution in [-0.2, 0) is 6.54 Å². The van der Waals surface area contributed by atoms with Gasteiger partial charge in [-0.25, -0.2) is 9.97 Å². The van der Waals surface area contributed by atoms with E-state index in [2.05, 4.69) is 15.1 Å². The minimum atomic E-state index is 0.102. The summed E-state index contributed by atoms with van der Waals surface area (Å²) in [6, 6.07) is 9.82. The Hall–Kier alpha value is -3.22. The number of nitrogens with zero attached hydrogens (tertiary/aromatic N) is 5. The predicted molar refractivity (Wildman–Crippen MR) is 107 cm³/mol. The molecule has 144 valence electrons. The number of amides is 1. The summed E-state index contributed by atoms with van der Waals surface area (Å²) in [5.41, 5.74) is 8.10. The largest absolute Gasteiger partial charge is 0.368 e. The molecule has 2 N–H and O–H groups in total. The summed E-state index contributed by atoms with van der Waals surface area (Å²) in [7, 11) is 0. The van der Waals surface area contributed by atoms with Crippen LogP contribution >= 0.6 is 0 Å². The van der Waals surface area contributed by atoms with Crippen molar-refractivity contribution < 1.29 is 4.79 Å². The third-order valence-corrected chi connectivity index (χ3v) is 5.28. The maximum Gasteiger partial charge on any atom is 0.254 e. The number of benzene rings is 1. The molecule has 28 heavy (non-hydrogen) atoms. The van der Waals surface area contributed by atoms with Gasteiger partial charge in [-0.15, -0.1) is 0 Å². The van der Waals surface area contributed by atoms with Crippen LogP contribution in [0.25, 0.3) is 11.1 Å². The number of hydrogen-bond acceptors (Lipinski definition) is 5. The van der Waals surface area contributed by atoms with Crippen LogP contribution < -0.4 is 5.73 Å². The van der Waals surface area contributed by atoms with Crippen molar-refractivity contribution in [1.82, 2.24) is 24.6 Å². The van der Waals surface area contributed by atoms with Gasteiger partial charge in [0.15, 0.2) is 0 Å². The lowest BCUT2D eigenvalue weighted by atomic mass is 9.97. The van der Waals surface area contributed by atoms with E-state index >= 15 is 0 Å². The zero-order valence-corrected chi connectivity index (χ0v) is 15.7. The first-order valence-corrected chi connectivity index (χ1v) is 9.67. The van der Waals surface area contributed by atoms with Crippen molar-refractivity contribution in [1.29, 1.82) is 0 Å². The molecule has 1 fully saturated rings. The van der Waals surface area contributed by atoms with Crippen molar-refractivity contribution in [3.05, 3.63) is 60.7 Å². The fourth-order valence-corrected chi connectivity index (χ4v) is 3.74. The van der Waals surface area contributed by atoms with E-state index in [1.54, 1.807) is 18.6 Å². The Bertz CT molecular complexity index is 905. The van der Waals surface area contributed by atoms with Crippen molar-refractivity contribution in [2.75, 3.05) is 12.3 Å². The molecule has 4 rings (SSSR count). The second-order valence-electron chi connectivity index (χ2n) is 7.11. The Kier molecular flexibility index (Phi) is 5.32. The number of hydrogen-bond donors (Lipinski definition) is 1. The minimum absolute atomic E-state index is 0.102. The standard InChI is InChI=1S/C21H24N6O/c22-21-23-14-18(15-24-21)16-5-7-17(8-6-16)20(28)27-12-2-1-4-19(27)9-13-26-11-3-10-25-26/h3,5-8,10-11,14-15,19H,1-2,4,9,12-13H2,(H2,22,23,24)/t19-/m1/s1. The van der Waals surface area contributed by atoms with Crippen LogP contribution in [0.3, 0.4) is 0 Å². The molecule has 1 saturated heterocycles. The number of carbonyl (C=O) groups is 1. The van der Waals surface area contributed by atoms with Crippen LogP contribution in [0.1, 0.15) is 36.0 Å². The first kappa shape index (κ1) is 18.2. The Morgan fingerprint density at radius 3 is 2.61 bits per heavy atom. The highest BCUT2D eigenvalue weighted by Crippen LogP contribution is 2.24. The Labute approximate surface area is 164 Å². The lowest BCUT2D eigenvalue weighted by Gasteiger charge is -2.36. The lowest BCUT2D eigenvalue weighted by molar-refractivity contribution is 0.0594. The summed E-state index contributed by atoms with van der Waals surface area (Å²) in [6.07, 6.45) is 11.3. The zero-order valence-electron chi connectivity index (χ0n) is 15.7. The van der Waals surface area contributed by atoms with Gasteiger partial charge in [-0.1, -0.05) is 12.1 Å². The van der Waals surface area contributed by atoms with Gasteiger partial charge in [-0.05, 0) is 49.4 Å². The van der Waals surface area contributed by atoms with Crippen molar-refractivity contribution >= 4 is 11.9 Å². The third kappa shape index (κ3) is 4.03. The number of piperidine rings is 1. The van der Waals surface area contributed by atoms with Crippen LogP contribution in [0.15, 0.2) is 55.1 Å². The molecule has 0 aliphatic carbocycles. The molecule has 1 aliphatic heterocycles. The van der Waals surface area contributed by atoms with Gasteiger partial charge in [0.1, 0.15) is 0 Å². The van der Waals surface area contributed by atoms with Gasteiger partial charge >= 0.3 is 0 Å². The second kappa shape index (κ2) is 8.21. The Morgan fingerprint density at radius 2 is 1.89 bits per heavy atom. The molecule has 0 unspecified atom stereocenters. The molecule has 1 amide bonds. The van der Waals surface area contributed by atoms with Crippen LogP contribution in [0.2, 0.25) is 0 Å². The maximum atomic E-state index is 13.1. The van der Waals surface area contributed by atoms with Gasteiger partial charge in [0.25, 0.3) is 5.91 Å². The van der Waals surface area contributed by atoms with E-state index in [4.69, 9.17) is 5.73 Å². The smallest absolute Gasteiger partial charge is 0.254 e. The molecule has 7 heteroatoms. The molecule has 1 aromatic carbocycles. The van der Waals surface area contributed by atoms with E-state index in [1.165, 1.54) is 6.42 Å². The Morgan fingerprint density at radius 1 is 1.11 bits per heavy atom. The van der Waals surface area contributed by atoms with E-state index in [0.29, 0.717) is 5.56 Å². The van der Waals surface area contributed by atoms with Gasteiger partial charge in [0, 0.05) is 55.0 Å². The highest BCUT2D eigenvalue weighted by atomic mass is 16.2. The fraction of sp³-hybridized carbons (Fsp3) is 0.333. The number of nitrogens with two attached hydrogens (primary N) is 1. The van der Waals surface area contributed by atoms with Gasteiger partial charge < -0.3 is 10.6 Å². The molecule has 0 radical (unpaired) electrons. The molecule has 0 saturated carbocycles. The first-order chi connectivity index (χ1) is 13.7. The van der Waals surface area contributed by atoms with E-state index in [-0.39, 0.29) is 17.9 Å². The van der Waals surface area contributed by atoms with Crippen molar-refractivity contribution in [3.63, 3.8) is 0 Å². The topological polar surface area (TPSA) is 89.9 Å². The van der Waals surface area contributed by atoms with Gasteiger partial charge in [-0.3, -0.25) is 9.48 Å². The molecular formula is C21H24N6O. The van der Waals surface area contributed by atoms with Crippen LogP contribution in [0, 0.1) is 0 Å². The van der Waals surface area contributed by atoms with E-state index in [0.717, 1.165) is 43.5 Å². The molecule has 3 heterocycles. The number of anilines is 1. The normalized spacial score (nSPS) is 16.9. The number of aromatic nitrogens is 4. The number of nitrogen functional groups attached to an aromatic ring is 1. The second-order valence-corrected chi connectivity index (χ2v) is 7.11.